The summed E-state index contributed by atoms with van der Waals surface area (Å²) < 4.78 is 16.0. The maximum atomic E-state index is 9.09. The maximum Gasteiger partial charge on any atom is 0.246 e. The molecule has 1 aromatic carbocycles. The number of para-hydroxylation sites is 1. The number of benzene rings is 1. The minimum atomic E-state index is 0.127. The number of rotatable bonds is 4. The normalized spacial score (nSPS) is 10.6. The smallest absolute Gasteiger partial charge is 0.246 e. The van der Waals surface area contributed by atoms with Crippen LogP contribution in [0.2, 0.25) is 0 Å². The number of aromatic nitrogens is 2. The lowest BCUT2D eigenvalue weighted by Gasteiger charge is -2.00. The summed E-state index contributed by atoms with van der Waals surface area (Å²) in [6.07, 6.45) is 0.672. The fourth-order valence-electron chi connectivity index (χ4n) is 1.87. The van der Waals surface area contributed by atoms with Gasteiger partial charge >= 0.3 is 0 Å². The molecule has 0 saturated heterocycles. The van der Waals surface area contributed by atoms with Crippen LogP contribution in [0.4, 0.5) is 0 Å². The summed E-state index contributed by atoms with van der Waals surface area (Å²) in [6, 6.07) is 9.30. The van der Waals surface area contributed by atoms with Crippen molar-refractivity contribution in [3.05, 3.63) is 41.7 Å². The Labute approximate surface area is 114 Å². The predicted octanol–water partition coefficient (Wildman–Crippen LogP) is 2.83. The van der Waals surface area contributed by atoms with Crippen LogP contribution in [0.15, 0.2) is 33.2 Å². The van der Waals surface area contributed by atoms with Crippen molar-refractivity contribution in [1.29, 1.82) is 5.26 Å². The molecule has 0 unspecified atom stereocenters. The van der Waals surface area contributed by atoms with Crippen LogP contribution >= 0.6 is 0 Å². The number of fused-ring (bicyclic) bond motifs is 1. The molecule has 0 amide bonds. The molecule has 3 aromatic rings. The van der Waals surface area contributed by atoms with Gasteiger partial charge in [-0.2, -0.15) is 10.2 Å². The Hall–Kier alpha value is -2.81. The Morgan fingerprint density at radius 1 is 1.35 bits per heavy atom. The second-order valence-corrected chi connectivity index (χ2v) is 4.11. The summed E-state index contributed by atoms with van der Waals surface area (Å²) >= 11 is 0. The van der Waals surface area contributed by atoms with E-state index in [0.29, 0.717) is 29.5 Å². The van der Waals surface area contributed by atoms with Crippen molar-refractivity contribution >= 4 is 11.0 Å². The first-order valence-electron chi connectivity index (χ1n) is 6.17. The molecule has 0 N–H and O–H groups in total. The zero-order valence-corrected chi connectivity index (χ0v) is 10.8. The van der Waals surface area contributed by atoms with Crippen LogP contribution in [-0.4, -0.2) is 10.1 Å². The summed E-state index contributed by atoms with van der Waals surface area (Å²) in [4.78, 5) is 4.15. The van der Waals surface area contributed by atoms with Gasteiger partial charge in [-0.25, -0.2) is 0 Å². The van der Waals surface area contributed by atoms with Gasteiger partial charge < -0.3 is 13.7 Å². The summed E-state index contributed by atoms with van der Waals surface area (Å²) in [7, 11) is 0. The van der Waals surface area contributed by atoms with E-state index in [1.807, 2.05) is 31.2 Å². The van der Waals surface area contributed by atoms with Gasteiger partial charge in [0.2, 0.25) is 17.5 Å². The molecule has 2 heterocycles. The molecule has 0 atom stereocenters. The highest BCUT2D eigenvalue weighted by Gasteiger charge is 2.16. The van der Waals surface area contributed by atoms with E-state index in [1.165, 1.54) is 0 Å². The van der Waals surface area contributed by atoms with Crippen molar-refractivity contribution in [2.75, 3.05) is 0 Å². The number of nitriles is 1. The molecular formula is C14H11N3O3. The predicted molar refractivity (Wildman–Crippen MR) is 68.9 cm³/mol. The second-order valence-electron chi connectivity index (χ2n) is 4.11. The van der Waals surface area contributed by atoms with Crippen molar-refractivity contribution in [2.24, 2.45) is 0 Å². The highest BCUT2D eigenvalue weighted by atomic mass is 16.5. The Balaban J connectivity index is 1.88. The van der Waals surface area contributed by atoms with Crippen LogP contribution in [0.5, 0.6) is 5.75 Å². The van der Waals surface area contributed by atoms with Crippen LogP contribution in [0.1, 0.15) is 24.4 Å². The molecule has 0 aliphatic heterocycles. The molecule has 100 valence electrons. The highest BCUT2D eigenvalue weighted by molar-refractivity contribution is 5.86. The van der Waals surface area contributed by atoms with E-state index in [9.17, 15) is 0 Å². The third-order valence-corrected chi connectivity index (χ3v) is 2.81. The lowest BCUT2D eigenvalue weighted by molar-refractivity contribution is 0.283. The van der Waals surface area contributed by atoms with Gasteiger partial charge in [0, 0.05) is 6.42 Å². The van der Waals surface area contributed by atoms with E-state index in [0.717, 1.165) is 5.39 Å². The Bertz CT molecular complexity index is 782. The third-order valence-electron chi connectivity index (χ3n) is 2.81. The van der Waals surface area contributed by atoms with Crippen LogP contribution in [0.3, 0.4) is 0 Å². The number of nitrogens with zero attached hydrogens (tertiary/aromatic N) is 3. The lowest BCUT2D eigenvalue weighted by atomic mass is 10.2. The molecule has 0 aliphatic rings. The van der Waals surface area contributed by atoms with Gasteiger partial charge in [0.1, 0.15) is 11.7 Å². The van der Waals surface area contributed by atoms with E-state index < -0.39 is 0 Å². The Morgan fingerprint density at radius 3 is 2.95 bits per heavy atom. The number of aryl methyl sites for hydroxylation is 1. The topological polar surface area (TPSA) is 85.1 Å². The van der Waals surface area contributed by atoms with Crippen molar-refractivity contribution in [3.8, 4) is 11.8 Å². The molecule has 0 bridgehead atoms. The third kappa shape index (κ3) is 2.10. The van der Waals surface area contributed by atoms with E-state index in [-0.39, 0.29) is 12.4 Å². The van der Waals surface area contributed by atoms with Crippen molar-refractivity contribution in [2.45, 2.75) is 20.0 Å². The molecular weight excluding hydrogens is 258 g/mol. The molecule has 0 fully saturated rings. The van der Waals surface area contributed by atoms with Gasteiger partial charge in [0.25, 0.3) is 0 Å². The number of hydrogen-bond donors (Lipinski definition) is 0. The minimum absolute atomic E-state index is 0.127. The highest BCUT2D eigenvalue weighted by Crippen LogP contribution is 2.32. The van der Waals surface area contributed by atoms with Crippen LogP contribution in [0.25, 0.3) is 11.0 Å². The standard InChI is InChI=1S/C14H11N3O3/c1-2-13-16-12(17-20-13)8-18-14-9-5-3-4-6-10(9)19-11(14)7-15/h3-6H,2,8H2,1H3. The number of hydrogen-bond acceptors (Lipinski definition) is 6. The molecule has 0 spiro atoms. The van der Waals surface area contributed by atoms with Crippen LogP contribution in [0, 0.1) is 11.3 Å². The van der Waals surface area contributed by atoms with Crippen molar-refractivity contribution < 1.29 is 13.7 Å². The first-order chi connectivity index (χ1) is 9.81. The average molecular weight is 269 g/mol. The number of furan rings is 1. The van der Waals surface area contributed by atoms with Crippen LogP contribution < -0.4 is 4.74 Å². The quantitative estimate of drug-likeness (QED) is 0.724. The summed E-state index contributed by atoms with van der Waals surface area (Å²) in [6.45, 7) is 2.05. The second kappa shape index (κ2) is 5.05. The minimum Gasteiger partial charge on any atom is -0.480 e. The van der Waals surface area contributed by atoms with Gasteiger partial charge in [0.15, 0.2) is 12.4 Å². The lowest BCUT2D eigenvalue weighted by Crippen LogP contribution is -1.98. The molecule has 3 rings (SSSR count). The molecule has 20 heavy (non-hydrogen) atoms. The van der Waals surface area contributed by atoms with E-state index in [1.54, 1.807) is 6.07 Å². The average Bonchev–Trinajstić information content (AvgIpc) is 3.08. The molecule has 6 heteroatoms. The monoisotopic (exact) mass is 269 g/mol. The van der Waals surface area contributed by atoms with Gasteiger partial charge in [-0.1, -0.05) is 24.2 Å². The molecule has 0 aliphatic carbocycles. The van der Waals surface area contributed by atoms with Gasteiger partial charge in [0.05, 0.1) is 5.39 Å². The zero-order valence-electron chi connectivity index (χ0n) is 10.8. The number of ether oxygens (including phenoxy) is 1. The molecule has 6 nitrogen and oxygen atoms in total. The molecule has 0 radical (unpaired) electrons. The van der Waals surface area contributed by atoms with E-state index >= 15 is 0 Å². The molecule has 2 aromatic heterocycles. The fourth-order valence-corrected chi connectivity index (χ4v) is 1.87. The SMILES string of the molecule is CCc1nc(COc2c(C#N)oc3ccccc23)no1. The fraction of sp³-hybridized carbons (Fsp3) is 0.214. The van der Waals surface area contributed by atoms with E-state index in [2.05, 4.69) is 10.1 Å². The van der Waals surface area contributed by atoms with E-state index in [4.69, 9.17) is 18.9 Å². The summed E-state index contributed by atoms with van der Waals surface area (Å²) in [5.74, 6) is 1.55. The summed E-state index contributed by atoms with van der Waals surface area (Å²) in [5.41, 5.74) is 0.612. The van der Waals surface area contributed by atoms with Crippen molar-refractivity contribution in [3.63, 3.8) is 0 Å². The largest absolute Gasteiger partial charge is 0.480 e. The van der Waals surface area contributed by atoms with Gasteiger partial charge in [-0.05, 0) is 12.1 Å². The van der Waals surface area contributed by atoms with Gasteiger partial charge in [-0.3, -0.25) is 0 Å². The zero-order chi connectivity index (χ0) is 13.9. The Morgan fingerprint density at radius 2 is 2.20 bits per heavy atom. The van der Waals surface area contributed by atoms with Crippen LogP contribution in [-0.2, 0) is 13.0 Å². The molecule has 0 saturated carbocycles. The van der Waals surface area contributed by atoms with Crippen molar-refractivity contribution in [1.82, 2.24) is 10.1 Å². The maximum absolute atomic E-state index is 9.09. The first-order valence-corrected chi connectivity index (χ1v) is 6.17. The summed E-state index contributed by atoms with van der Waals surface area (Å²) in [5, 5.41) is 13.6. The first kappa shape index (κ1) is 12.2. The Kier molecular flexibility index (Phi) is 3.09. The van der Waals surface area contributed by atoms with Gasteiger partial charge in [-0.15, -0.1) is 0 Å².